The first-order chi connectivity index (χ1) is 15.4. The van der Waals surface area contributed by atoms with Crippen LogP contribution in [0.1, 0.15) is 12.5 Å². The zero-order valence-corrected chi connectivity index (χ0v) is 17.5. The van der Waals surface area contributed by atoms with E-state index in [0.29, 0.717) is 29.8 Å². The summed E-state index contributed by atoms with van der Waals surface area (Å²) in [6.45, 7) is 2.60. The average Bonchev–Trinajstić information content (AvgIpc) is 3.13. The molecule has 1 fully saturated rings. The summed E-state index contributed by atoms with van der Waals surface area (Å²) in [6, 6.07) is 11.9. The van der Waals surface area contributed by atoms with Gasteiger partial charge in [-0.15, -0.1) is 0 Å². The Hall–Kier alpha value is -3.79. The van der Waals surface area contributed by atoms with Crippen molar-refractivity contribution in [2.24, 2.45) is 10.7 Å². The molecule has 0 bridgehead atoms. The van der Waals surface area contributed by atoms with Gasteiger partial charge in [-0.05, 0) is 29.3 Å². The molecular weight excluding hydrogens is 417 g/mol. The maximum atomic E-state index is 14.8. The minimum absolute atomic E-state index is 0.196. The van der Waals surface area contributed by atoms with E-state index in [-0.39, 0.29) is 31.4 Å². The van der Waals surface area contributed by atoms with Gasteiger partial charge >= 0.3 is 6.09 Å². The van der Waals surface area contributed by atoms with Crippen LogP contribution in [0.15, 0.2) is 47.5 Å². The molecule has 3 rings (SSSR count). The second kappa shape index (κ2) is 10.5. The number of nitrogens with one attached hydrogen (secondary N) is 2. The monoisotopic (exact) mass is 441 g/mol. The first-order valence-corrected chi connectivity index (χ1v) is 9.95. The SMILES string of the molecule is CC(=O)NC[C@H]1CN(c2ccc(-c3ccc(CNCC(N)=NC=O)cc3)c(F)c2)C(=O)O1. The summed E-state index contributed by atoms with van der Waals surface area (Å²) >= 11 is 0. The molecule has 0 aliphatic carbocycles. The lowest BCUT2D eigenvalue weighted by Crippen LogP contribution is -2.33. The van der Waals surface area contributed by atoms with Gasteiger partial charge in [0.25, 0.3) is 0 Å². The Morgan fingerprint density at radius 1 is 1.31 bits per heavy atom. The number of nitrogens with zero attached hydrogens (tertiary/aromatic N) is 2. The molecule has 10 heteroatoms. The predicted octanol–water partition coefficient (Wildman–Crippen LogP) is 1.56. The third kappa shape index (κ3) is 5.88. The fourth-order valence-corrected chi connectivity index (χ4v) is 3.25. The number of hydrogen-bond acceptors (Lipinski definition) is 5. The highest BCUT2D eigenvalue weighted by Crippen LogP contribution is 2.29. The largest absolute Gasteiger partial charge is 0.442 e. The van der Waals surface area contributed by atoms with E-state index in [9.17, 15) is 18.8 Å². The van der Waals surface area contributed by atoms with Crippen LogP contribution in [0, 0.1) is 5.82 Å². The Morgan fingerprint density at radius 3 is 2.72 bits per heavy atom. The van der Waals surface area contributed by atoms with Gasteiger partial charge in [-0.1, -0.05) is 24.3 Å². The molecule has 0 aromatic heterocycles. The van der Waals surface area contributed by atoms with E-state index in [0.717, 1.165) is 5.56 Å². The Kier molecular flexibility index (Phi) is 7.50. The first kappa shape index (κ1) is 22.9. The Balaban J connectivity index is 1.64. The molecule has 9 nitrogen and oxygen atoms in total. The van der Waals surface area contributed by atoms with E-state index in [1.54, 1.807) is 24.3 Å². The molecule has 2 aromatic carbocycles. The molecule has 0 spiro atoms. The summed E-state index contributed by atoms with van der Waals surface area (Å²) in [5.41, 5.74) is 7.96. The number of ether oxygens (including phenoxy) is 1. The van der Waals surface area contributed by atoms with Crippen LogP contribution in [0.25, 0.3) is 11.1 Å². The molecule has 0 saturated carbocycles. The van der Waals surface area contributed by atoms with Crippen molar-refractivity contribution in [3.63, 3.8) is 0 Å². The molecule has 32 heavy (non-hydrogen) atoms. The van der Waals surface area contributed by atoms with Gasteiger partial charge < -0.3 is 21.1 Å². The zero-order chi connectivity index (χ0) is 23.1. The number of hydrogen-bond donors (Lipinski definition) is 3. The second-order valence-corrected chi connectivity index (χ2v) is 7.24. The van der Waals surface area contributed by atoms with Crippen LogP contribution in [-0.2, 0) is 20.9 Å². The summed E-state index contributed by atoms with van der Waals surface area (Å²) in [5, 5.41) is 5.66. The van der Waals surface area contributed by atoms with Crippen molar-refractivity contribution in [3.8, 4) is 11.1 Å². The number of anilines is 1. The highest BCUT2D eigenvalue weighted by atomic mass is 19.1. The van der Waals surface area contributed by atoms with Gasteiger partial charge in [0.05, 0.1) is 25.3 Å². The van der Waals surface area contributed by atoms with E-state index < -0.39 is 18.0 Å². The molecule has 0 radical (unpaired) electrons. The normalized spacial score (nSPS) is 16.1. The fraction of sp³-hybridized carbons (Fsp3) is 0.273. The molecular formula is C22H24FN5O4. The summed E-state index contributed by atoms with van der Waals surface area (Å²) in [7, 11) is 0. The first-order valence-electron chi connectivity index (χ1n) is 9.95. The molecule has 1 aliphatic heterocycles. The third-order valence-electron chi connectivity index (χ3n) is 4.84. The van der Waals surface area contributed by atoms with E-state index >= 15 is 0 Å². The van der Waals surface area contributed by atoms with E-state index in [2.05, 4.69) is 15.6 Å². The van der Waals surface area contributed by atoms with Gasteiger partial charge in [-0.2, -0.15) is 0 Å². The van der Waals surface area contributed by atoms with Gasteiger partial charge in [0.2, 0.25) is 12.3 Å². The number of benzene rings is 2. The maximum Gasteiger partial charge on any atom is 0.414 e. The Bertz CT molecular complexity index is 1030. The maximum absolute atomic E-state index is 14.8. The Labute approximate surface area is 184 Å². The van der Waals surface area contributed by atoms with Crippen LogP contribution in [-0.4, -0.2) is 50.0 Å². The second-order valence-electron chi connectivity index (χ2n) is 7.24. The van der Waals surface area contributed by atoms with E-state index in [1.807, 2.05) is 12.1 Å². The lowest BCUT2D eigenvalue weighted by Gasteiger charge is -2.15. The lowest BCUT2D eigenvalue weighted by molar-refractivity contribution is -0.119. The number of amides is 3. The van der Waals surface area contributed by atoms with Crippen LogP contribution in [0.2, 0.25) is 0 Å². The van der Waals surface area contributed by atoms with Crippen molar-refractivity contribution in [1.29, 1.82) is 0 Å². The molecule has 2 aromatic rings. The minimum atomic E-state index is -0.580. The molecule has 1 saturated heterocycles. The fourth-order valence-electron chi connectivity index (χ4n) is 3.25. The quantitative estimate of drug-likeness (QED) is 0.308. The molecule has 1 aliphatic rings. The van der Waals surface area contributed by atoms with Crippen molar-refractivity contribution in [1.82, 2.24) is 10.6 Å². The van der Waals surface area contributed by atoms with Crippen LogP contribution < -0.4 is 21.3 Å². The number of amidine groups is 1. The van der Waals surface area contributed by atoms with E-state index in [1.165, 1.54) is 17.9 Å². The van der Waals surface area contributed by atoms with Crippen LogP contribution in [0.4, 0.5) is 14.9 Å². The molecule has 4 N–H and O–H groups in total. The van der Waals surface area contributed by atoms with Gasteiger partial charge in [-0.3, -0.25) is 14.5 Å². The number of cyclic esters (lactones) is 1. The van der Waals surface area contributed by atoms with Gasteiger partial charge in [0, 0.05) is 19.0 Å². The van der Waals surface area contributed by atoms with Gasteiger partial charge in [0.15, 0.2) is 0 Å². The number of halogens is 1. The number of carbonyl (C=O) groups excluding carboxylic acids is 3. The molecule has 3 amide bonds. The van der Waals surface area contributed by atoms with Crippen molar-refractivity contribution in [3.05, 3.63) is 53.8 Å². The zero-order valence-electron chi connectivity index (χ0n) is 17.5. The highest BCUT2D eigenvalue weighted by Gasteiger charge is 2.32. The van der Waals surface area contributed by atoms with Crippen LogP contribution in [0.3, 0.4) is 0 Å². The predicted molar refractivity (Wildman–Crippen MR) is 118 cm³/mol. The van der Waals surface area contributed by atoms with Gasteiger partial charge in [-0.25, -0.2) is 14.2 Å². The van der Waals surface area contributed by atoms with Crippen LogP contribution >= 0.6 is 0 Å². The lowest BCUT2D eigenvalue weighted by atomic mass is 10.0. The standard InChI is InChI=1S/C22H24FN5O4/c1-14(30)26-10-18-12-28(22(31)32-18)17-6-7-19(20(23)8-17)16-4-2-15(3-5-16)9-25-11-21(24)27-13-29/h2-8,13,18,25H,9-12H2,1H3,(H,26,30)(H2,24,27,29)/t18-/m0/s1. The average molecular weight is 441 g/mol. The van der Waals surface area contributed by atoms with E-state index in [4.69, 9.17) is 10.5 Å². The highest BCUT2D eigenvalue weighted by molar-refractivity contribution is 5.90. The molecule has 168 valence electrons. The molecule has 0 unspecified atom stereocenters. The third-order valence-corrected chi connectivity index (χ3v) is 4.84. The number of aliphatic imine (C=N–C) groups is 1. The topological polar surface area (TPSA) is 126 Å². The van der Waals surface area contributed by atoms with Gasteiger partial charge in [0.1, 0.15) is 17.8 Å². The Morgan fingerprint density at radius 2 is 2.06 bits per heavy atom. The molecule has 1 atom stereocenters. The molecule has 1 heterocycles. The van der Waals surface area contributed by atoms with Crippen molar-refractivity contribution >= 4 is 29.9 Å². The minimum Gasteiger partial charge on any atom is -0.442 e. The van der Waals surface area contributed by atoms with Crippen molar-refractivity contribution in [2.75, 3.05) is 24.5 Å². The summed E-state index contributed by atoms with van der Waals surface area (Å²) in [5.74, 6) is -0.487. The summed E-state index contributed by atoms with van der Waals surface area (Å²) in [4.78, 5) is 38.2. The summed E-state index contributed by atoms with van der Waals surface area (Å²) < 4.78 is 20.0. The van der Waals surface area contributed by atoms with Crippen LogP contribution in [0.5, 0.6) is 0 Å². The van der Waals surface area contributed by atoms with Crippen molar-refractivity contribution < 1.29 is 23.5 Å². The smallest absolute Gasteiger partial charge is 0.414 e. The number of carbonyl (C=O) groups is 3. The summed E-state index contributed by atoms with van der Waals surface area (Å²) in [6.07, 6.45) is -0.680. The number of nitrogens with two attached hydrogens (primary N) is 1. The number of rotatable bonds is 9. The van der Waals surface area contributed by atoms with Crippen molar-refractivity contribution in [2.45, 2.75) is 19.6 Å².